The minimum atomic E-state index is -0.372. The molecule has 0 saturated carbocycles. The highest BCUT2D eigenvalue weighted by atomic mass is 79.9. The van der Waals surface area contributed by atoms with Gasteiger partial charge in [0.1, 0.15) is 5.82 Å². The summed E-state index contributed by atoms with van der Waals surface area (Å²) in [7, 11) is 0. The second kappa shape index (κ2) is 7.92. The predicted molar refractivity (Wildman–Crippen MR) is 101 cm³/mol. The van der Waals surface area contributed by atoms with Gasteiger partial charge in [0.2, 0.25) is 5.91 Å². The Balaban J connectivity index is 1.63. The van der Waals surface area contributed by atoms with E-state index < -0.39 is 0 Å². The fourth-order valence-electron chi connectivity index (χ4n) is 3.05. The molecule has 0 atom stereocenters. The number of carbonyl (C=O) groups is 1. The molecule has 26 heavy (non-hydrogen) atoms. The predicted octanol–water partition coefficient (Wildman–Crippen LogP) is 4.06. The van der Waals surface area contributed by atoms with Crippen molar-refractivity contribution in [3.63, 3.8) is 0 Å². The van der Waals surface area contributed by atoms with E-state index >= 15 is 0 Å². The Hall–Kier alpha value is -1.67. The molecule has 0 aliphatic carbocycles. The van der Waals surface area contributed by atoms with Crippen LogP contribution in [-0.2, 0) is 24.2 Å². The van der Waals surface area contributed by atoms with E-state index in [9.17, 15) is 19.4 Å². The van der Waals surface area contributed by atoms with Crippen LogP contribution in [0.1, 0.15) is 29.7 Å². The van der Waals surface area contributed by atoms with Crippen molar-refractivity contribution < 1.29 is 19.4 Å². The minimum Gasteiger partial charge on any atom is -0.503 e. The highest BCUT2D eigenvalue weighted by Crippen LogP contribution is 2.46. The fraction of sp³-hybridized carbons (Fsp3) is 0.333. The molecule has 3 rings (SSSR count). The number of carbonyl (C=O) groups excluding carboxylic acids is 1. The van der Waals surface area contributed by atoms with Gasteiger partial charge in [0.25, 0.3) is 0 Å². The van der Waals surface area contributed by atoms with E-state index in [1.165, 1.54) is 12.3 Å². The van der Waals surface area contributed by atoms with E-state index in [2.05, 4.69) is 36.8 Å². The van der Waals surface area contributed by atoms with Crippen LogP contribution in [0.25, 0.3) is 0 Å². The zero-order valence-electron chi connectivity index (χ0n) is 13.8. The third-order valence-corrected chi connectivity index (χ3v) is 6.19. The maximum Gasteiger partial charge on any atom is 0.222 e. The Labute approximate surface area is 167 Å². The molecule has 1 aliphatic heterocycles. The Morgan fingerprint density at radius 3 is 2.54 bits per heavy atom. The van der Waals surface area contributed by atoms with Gasteiger partial charge in [0.05, 0.1) is 15.1 Å². The lowest BCUT2D eigenvalue weighted by molar-refractivity contribution is -0.132. The molecule has 8 heteroatoms. The van der Waals surface area contributed by atoms with Crippen molar-refractivity contribution in [2.24, 2.45) is 0 Å². The number of pyridine rings is 1. The number of nitrogens with zero attached hydrogens (tertiary/aromatic N) is 2. The SMILES string of the molecule is O=C(CCCc1ccc(F)cn1)N1CCc2c(Br)c(O)c(O)c(Br)c2C1. The number of benzene rings is 1. The van der Waals surface area contributed by atoms with Crippen LogP contribution in [-0.4, -0.2) is 32.5 Å². The number of aromatic nitrogens is 1. The number of phenolic OH excluding ortho intramolecular Hbond substituents is 2. The zero-order chi connectivity index (χ0) is 18.8. The average molecular weight is 488 g/mol. The molecule has 138 valence electrons. The van der Waals surface area contributed by atoms with Crippen LogP contribution >= 0.6 is 31.9 Å². The molecule has 1 aromatic heterocycles. The van der Waals surface area contributed by atoms with Crippen molar-refractivity contribution in [1.82, 2.24) is 9.88 Å². The van der Waals surface area contributed by atoms with Gasteiger partial charge >= 0.3 is 0 Å². The molecule has 2 N–H and O–H groups in total. The summed E-state index contributed by atoms with van der Waals surface area (Å²) in [6.07, 6.45) is 3.38. The van der Waals surface area contributed by atoms with Crippen LogP contribution < -0.4 is 0 Å². The van der Waals surface area contributed by atoms with Crippen LogP contribution in [0.3, 0.4) is 0 Å². The largest absolute Gasteiger partial charge is 0.503 e. The maximum absolute atomic E-state index is 12.9. The molecule has 0 radical (unpaired) electrons. The van der Waals surface area contributed by atoms with Crippen molar-refractivity contribution in [2.75, 3.05) is 6.54 Å². The fourth-order valence-corrected chi connectivity index (χ4v) is 4.22. The van der Waals surface area contributed by atoms with E-state index in [-0.39, 0.29) is 23.2 Å². The number of aromatic hydroxyl groups is 2. The molecule has 0 unspecified atom stereocenters. The summed E-state index contributed by atoms with van der Waals surface area (Å²) in [5.74, 6) is -0.773. The van der Waals surface area contributed by atoms with Gasteiger partial charge in [0, 0.05) is 25.2 Å². The van der Waals surface area contributed by atoms with Gasteiger partial charge in [-0.25, -0.2) is 4.39 Å². The molecular formula is C18H17Br2FN2O3. The first-order valence-electron chi connectivity index (χ1n) is 8.17. The van der Waals surface area contributed by atoms with Crippen LogP contribution in [0.5, 0.6) is 11.5 Å². The lowest BCUT2D eigenvalue weighted by Gasteiger charge is -2.31. The molecule has 0 fully saturated rings. The van der Waals surface area contributed by atoms with Gasteiger partial charge < -0.3 is 15.1 Å². The Morgan fingerprint density at radius 2 is 1.88 bits per heavy atom. The Morgan fingerprint density at radius 1 is 1.19 bits per heavy atom. The van der Waals surface area contributed by atoms with E-state index in [1.807, 2.05) is 0 Å². The van der Waals surface area contributed by atoms with Crippen molar-refractivity contribution in [3.05, 3.63) is 49.9 Å². The van der Waals surface area contributed by atoms with Gasteiger partial charge in [-0.2, -0.15) is 0 Å². The molecule has 2 heterocycles. The summed E-state index contributed by atoms with van der Waals surface area (Å²) in [5.41, 5.74) is 2.45. The van der Waals surface area contributed by atoms with E-state index in [0.29, 0.717) is 47.7 Å². The second-order valence-corrected chi connectivity index (χ2v) is 7.75. The van der Waals surface area contributed by atoms with Crippen molar-refractivity contribution in [1.29, 1.82) is 0 Å². The highest BCUT2D eigenvalue weighted by Gasteiger charge is 2.28. The number of phenols is 2. The quantitative estimate of drug-likeness (QED) is 0.637. The van der Waals surface area contributed by atoms with E-state index in [1.54, 1.807) is 11.0 Å². The number of aryl methyl sites for hydroxylation is 1. The minimum absolute atomic E-state index is 0.0216. The number of fused-ring (bicyclic) bond motifs is 1. The first-order valence-corrected chi connectivity index (χ1v) is 9.76. The number of hydrogen-bond donors (Lipinski definition) is 2. The Kier molecular flexibility index (Phi) is 5.82. The van der Waals surface area contributed by atoms with Crippen molar-refractivity contribution in [2.45, 2.75) is 32.2 Å². The summed E-state index contributed by atoms with van der Waals surface area (Å²) < 4.78 is 13.7. The van der Waals surface area contributed by atoms with Gasteiger partial charge in [-0.05, 0) is 74.4 Å². The molecule has 1 aliphatic rings. The monoisotopic (exact) mass is 486 g/mol. The lowest BCUT2D eigenvalue weighted by atomic mass is 9.98. The highest BCUT2D eigenvalue weighted by molar-refractivity contribution is 9.11. The van der Waals surface area contributed by atoms with Gasteiger partial charge in [-0.1, -0.05) is 0 Å². The summed E-state index contributed by atoms with van der Waals surface area (Å²) in [5, 5.41) is 19.9. The Bertz CT molecular complexity index is 844. The average Bonchev–Trinajstić information content (AvgIpc) is 2.65. The molecule has 0 spiro atoms. The van der Waals surface area contributed by atoms with E-state index in [0.717, 1.165) is 16.8 Å². The van der Waals surface area contributed by atoms with Crippen molar-refractivity contribution in [3.8, 4) is 11.5 Å². The molecule has 0 saturated heterocycles. The lowest BCUT2D eigenvalue weighted by Crippen LogP contribution is -2.36. The first-order chi connectivity index (χ1) is 12.4. The van der Waals surface area contributed by atoms with Crippen LogP contribution in [0.4, 0.5) is 4.39 Å². The number of halogens is 3. The summed E-state index contributed by atoms with van der Waals surface area (Å²) in [6, 6.07) is 2.99. The number of amides is 1. The van der Waals surface area contributed by atoms with Crippen LogP contribution in [0.15, 0.2) is 27.3 Å². The molecule has 5 nitrogen and oxygen atoms in total. The summed E-state index contributed by atoms with van der Waals surface area (Å²) >= 11 is 6.62. The second-order valence-electron chi connectivity index (χ2n) is 6.17. The van der Waals surface area contributed by atoms with Crippen LogP contribution in [0, 0.1) is 5.82 Å². The smallest absolute Gasteiger partial charge is 0.222 e. The zero-order valence-corrected chi connectivity index (χ0v) is 17.0. The van der Waals surface area contributed by atoms with Gasteiger partial charge in [-0.3, -0.25) is 9.78 Å². The summed E-state index contributed by atoms with van der Waals surface area (Å²) in [4.78, 5) is 18.2. The van der Waals surface area contributed by atoms with Gasteiger partial charge in [-0.15, -0.1) is 0 Å². The molecule has 1 amide bonds. The van der Waals surface area contributed by atoms with Gasteiger partial charge in [0.15, 0.2) is 11.5 Å². The third kappa shape index (κ3) is 3.86. The number of hydrogen-bond acceptors (Lipinski definition) is 4. The number of rotatable bonds is 4. The molecular weight excluding hydrogens is 471 g/mol. The normalized spacial score (nSPS) is 13.6. The third-order valence-electron chi connectivity index (χ3n) is 4.48. The van der Waals surface area contributed by atoms with Crippen molar-refractivity contribution >= 4 is 37.8 Å². The summed E-state index contributed by atoms with van der Waals surface area (Å²) in [6.45, 7) is 0.922. The molecule has 2 aromatic rings. The first kappa shape index (κ1) is 19.1. The maximum atomic E-state index is 12.9. The van der Waals surface area contributed by atoms with Crippen LogP contribution in [0.2, 0.25) is 0 Å². The molecule has 1 aromatic carbocycles. The van der Waals surface area contributed by atoms with E-state index in [4.69, 9.17) is 0 Å². The topological polar surface area (TPSA) is 73.7 Å². The standard InChI is InChI=1S/C18H17Br2FN2O3/c19-15-12-6-7-23(9-13(12)16(20)18(26)17(15)25)14(24)3-1-2-11-5-4-10(21)8-22-11/h4-5,8,25-26H,1-3,6-7,9H2. The molecule has 0 bridgehead atoms.